The number of carbonyl (C=O) groups is 2. The van der Waals surface area contributed by atoms with E-state index in [4.69, 9.17) is 4.74 Å². The van der Waals surface area contributed by atoms with E-state index in [0.717, 1.165) is 18.0 Å². The van der Waals surface area contributed by atoms with Crippen LogP contribution in [0.4, 0.5) is 5.69 Å². The Morgan fingerprint density at radius 1 is 1.07 bits per heavy atom. The first kappa shape index (κ1) is 20.6. The van der Waals surface area contributed by atoms with Gasteiger partial charge in [0.05, 0.1) is 24.5 Å². The molecule has 1 saturated heterocycles. The van der Waals surface area contributed by atoms with Crippen molar-refractivity contribution in [1.82, 2.24) is 9.80 Å². The number of hydrogen-bond acceptors (Lipinski definition) is 7. The third kappa shape index (κ3) is 3.86. The number of anilines is 1. The number of benzene rings is 1. The van der Waals surface area contributed by atoms with Crippen LogP contribution in [0.15, 0.2) is 47.5 Å². The Kier molecular flexibility index (Phi) is 6.17. The van der Waals surface area contributed by atoms with Crippen LogP contribution in [-0.4, -0.2) is 72.7 Å². The number of aliphatic hydroxyl groups is 1. The van der Waals surface area contributed by atoms with Gasteiger partial charge >= 0.3 is 0 Å². The van der Waals surface area contributed by atoms with Crippen molar-refractivity contribution in [2.24, 2.45) is 0 Å². The molecule has 4 rings (SSSR count). The molecule has 1 aromatic heterocycles. The van der Waals surface area contributed by atoms with E-state index >= 15 is 0 Å². The summed E-state index contributed by atoms with van der Waals surface area (Å²) in [6, 6.07) is 10.9. The first-order chi connectivity index (χ1) is 14.6. The van der Waals surface area contributed by atoms with Crippen LogP contribution in [0.2, 0.25) is 0 Å². The van der Waals surface area contributed by atoms with Crippen LogP contribution < -0.4 is 9.64 Å². The normalized spacial score (nSPS) is 17.9. The largest absolute Gasteiger partial charge is 0.494 e. The van der Waals surface area contributed by atoms with Crippen molar-refractivity contribution in [3.63, 3.8) is 0 Å². The summed E-state index contributed by atoms with van der Waals surface area (Å²) >= 11 is 1.46. The van der Waals surface area contributed by atoms with E-state index in [1.807, 2.05) is 35.4 Å². The number of carbonyl (C=O) groups excluding carboxylic acids is 2. The van der Waals surface area contributed by atoms with E-state index in [-0.39, 0.29) is 18.4 Å². The fourth-order valence-corrected chi connectivity index (χ4v) is 4.67. The van der Waals surface area contributed by atoms with Crippen LogP contribution in [0.25, 0.3) is 5.57 Å². The molecule has 7 nitrogen and oxygen atoms in total. The molecule has 2 aliphatic rings. The highest BCUT2D eigenvalue weighted by atomic mass is 32.1. The van der Waals surface area contributed by atoms with Crippen molar-refractivity contribution in [2.45, 2.75) is 6.92 Å². The van der Waals surface area contributed by atoms with E-state index in [1.165, 1.54) is 16.2 Å². The molecular weight excluding hydrogens is 402 g/mol. The smallest absolute Gasteiger partial charge is 0.282 e. The molecule has 1 fully saturated rings. The number of ether oxygens (including phenoxy) is 1. The zero-order valence-electron chi connectivity index (χ0n) is 16.9. The summed E-state index contributed by atoms with van der Waals surface area (Å²) in [6.45, 7) is 5.88. The number of aliphatic hydroxyl groups excluding tert-OH is 1. The number of imide groups is 1. The van der Waals surface area contributed by atoms with Crippen molar-refractivity contribution in [2.75, 3.05) is 50.8 Å². The van der Waals surface area contributed by atoms with Crippen LogP contribution in [0.5, 0.6) is 5.75 Å². The highest BCUT2D eigenvalue weighted by Crippen LogP contribution is 2.37. The minimum atomic E-state index is -0.302. The van der Waals surface area contributed by atoms with E-state index in [2.05, 4.69) is 4.90 Å². The molecule has 0 spiro atoms. The van der Waals surface area contributed by atoms with Crippen LogP contribution in [-0.2, 0) is 9.59 Å². The number of nitrogens with zero attached hydrogens (tertiary/aromatic N) is 3. The number of β-amino-alcohol motifs (C(OH)–C–C–N with tert-alkyl or cyclic N) is 1. The Morgan fingerprint density at radius 2 is 1.87 bits per heavy atom. The second-order valence-electron chi connectivity index (χ2n) is 7.13. The number of hydrogen-bond donors (Lipinski definition) is 1. The number of amides is 2. The maximum atomic E-state index is 13.5. The van der Waals surface area contributed by atoms with Gasteiger partial charge in [-0.3, -0.25) is 14.5 Å². The van der Waals surface area contributed by atoms with Crippen molar-refractivity contribution in [1.29, 1.82) is 0 Å². The first-order valence-electron chi connectivity index (χ1n) is 10.1. The Labute approximate surface area is 179 Å². The van der Waals surface area contributed by atoms with Gasteiger partial charge in [0.15, 0.2) is 0 Å². The van der Waals surface area contributed by atoms with Gasteiger partial charge in [0.25, 0.3) is 11.8 Å². The van der Waals surface area contributed by atoms with Crippen molar-refractivity contribution < 1.29 is 19.4 Å². The Balaban J connectivity index is 1.68. The summed E-state index contributed by atoms with van der Waals surface area (Å²) in [5.41, 5.74) is 1.44. The molecule has 8 heteroatoms. The Morgan fingerprint density at radius 3 is 2.53 bits per heavy atom. The van der Waals surface area contributed by atoms with E-state index in [0.29, 0.717) is 48.9 Å². The Hall–Kier alpha value is -2.68. The molecule has 0 bridgehead atoms. The molecule has 3 heterocycles. The lowest BCUT2D eigenvalue weighted by Gasteiger charge is -2.36. The lowest BCUT2D eigenvalue weighted by Crippen LogP contribution is -2.48. The second kappa shape index (κ2) is 8.99. The summed E-state index contributed by atoms with van der Waals surface area (Å²) < 4.78 is 5.56. The van der Waals surface area contributed by atoms with Gasteiger partial charge in [-0.05, 0) is 30.5 Å². The fraction of sp³-hybridized carbons (Fsp3) is 0.364. The summed E-state index contributed by atoms with van der Waals surface area (Å²) in [5.74, 6) is 0.0240. The monoisotopic (exact) mass is 427 g/mol. The van der Waals surface area contributed by atoms with Gasteiger partial charge in [0, 0.05) is 43.7 Å². The molecule has 0 radical (unpaired) electrons. The second-order valence-corrected chi connectivity index (χ2v) is 8.08. The molecule has 0 saturated carbocycles. The summed E-state index contributed by atoms with van der Waals surface area (Å²) in [4.78, 5) is 33.2. The third-order valence-corrected chi connectivity index (χ3v) is 6.21. The predicted octanol–water partition coefficient (Wildman–Crippen LogP) is 2.04. The Bertz CT molecular complexity index is 949. The van der Waals surface area contributed by atoms with Crippen LogP contribution in [0, 0.1) is 0 Å². The average Bonchev–Trinajstić information content (AvgIpc) is 3.35. The first-order valence-corrected chi connectivity index (χ1v) is 11.0. The molecule has 1 aromatic carbocycles. The maximum Gasteiger partial charge on any atom is 0.282 e. The van der Waals surface area contributed by atoms with Gasteiger partial charge in [-0.2, -0.15) is 0 Å². The fourth-order valence-electron chi connectivity index (χ4n) is 3.90. The standard InChI is InChI=1S/C22H25N3O4S/c1-2-29-17-6-3-5-16(15-17)25-21(27)19(18-7-4-14-30-18)20(22(25)28)24-10-8-23(9-11-24)12-13-26/h3-7,14-15,26H,2,8-13H2,1H3. The van der Waals surface area contributed by atoms with E-state index in [9.17, 15) is 14.7 Å². The number of piperazine rings is 1. The topological polar surface area (TPSA) is 73.3 Å². The zero-order chi connectivity index (χ0) is 21.1. The minimum Gasteiger partial charge on any atom is -0.494 e. The van der Waals surface area contributed by atoms with Crippen molar-refractivity contribution >= 4 is 34.4 Å². The number of thiophene rings is 1. The average molecular weight is 428 g/mol. The van der Waals surface area contributed by atoms with Crippen LogP contribution >= 0.6 is 11.3 Å². The molecule has 158 valence electrons. The lowest BCUT2D eigenvalue weighted by molar-refractivity contribution is -0.120. The zero-order valence-corrected chi connectivity index (χ0v) is 17.7. The lowest BCUT2D eigenvalue weighted by atomic mass is 10.1. The highest BCUT2D eigenvalue weighted by molar-refractivity contribution is 7.11. The van der Waals surface area contributed by atoms with E-state index < -0.39 is 0 Å². The van der Waals surface area contributed by atoms with Gasteiger partial charge in [0.1, 0.15) is 11.4 Å². The summed E-state index contributed by atoms with van der Waals surface area (Å²) in [6.07, 6.45) is 0. The minimum absolute atomic E-state index is 0.116. The van der Waals surface area contributed by atoms with Gasteiger partial charge in [-0.15, -0.1) is 11.3 Å². The highest BCUT2D eigenvalue weighted by Gasteiger charge is 2.43. The maximum absolute atomic E-state index is 13.5. The van der Waals surface area contributed by atoms with Gasteiger partial charge in [-0.25, -0.2) is 4.90 Å². The van der Waals surface area contributed by atoms with Crippen molar-refractivity contribution in [3.8, 4) is 5.75 Å². The van der Waals surface area contributed by atoms with Crippen LogP contribution in [0.3, 0.4) is 0 Å². The van der Waals surface area contributed by atoms with E-state index in [1.54, 1.807) is 18.2 Å². The molecule has 0 aliphatic carbocycles. The predicted molar refractivity (Wildman–Crippen MR) is 116 cm³/mol. The molecule has 2 amide bonds. The molecule has 2 aliphatic heterocycles. The van der Waals surface area contributed by atoms with Gasteiger partial charge in [0.2, 0.25) is 0 Å². The quantitative estimate of drug-likeness (QED) is 0.682. The van der Waals surface area contributed by atoms with Crippen LogP contribution in [0.1, 0.15) is 11.8 Å². The molecule has 1 N–H and O–H groups in total. The molecule has 0 atom stereocenters. The molecule has 30 heavy (non-hydrogen) atoms. The van der Waals surface area contributed by atoms with Crippen molar-refractivity contribution in [3.05, 3.63) is 52.4 Å². The van der Waals surface area contributed by atoms with Gasteiger partial charge in [-0.1, -0.05) is 12.1 Å². The molecular formula is C22H25N3O4S. The summed E-state index contributed by atoms with van der Waals surface area (Å²) in [7, 11) is 0. The SMILES string of the molecule is CCOc1cccc(N2C(=O)C(c3cccs3)=C(N3CCN(CCO)CC3)C2=O)c1. The molecule has 2 aromatic rings. The third-order valence-electron chi connectivity index (χ3n) is 5.32. The summed E-state index contributed by atoms with van der Waals surface area (Å²) in [5, 5.41) is 11.1. The number of rotatable bonds is 7. The molecule has 0 unspecified atom stereocenters. The van der Waals surface area contributed by atoms with Gasteiger partial charge < -0.3 is 14.7 Å².